The van der Waals surface area contributed by atoms with E-state index in [1.54, 1.807) is 23.2 Å². The average molecular weight is 911 g/mol. The monoisotopic (exact) mass is 910 g/mol. The molecule has 0 radical (unpaired) electrons. The molecule has 8 rings (SSSR count). The Bertz CT molecular complexity index is 2560. The van der Waals surface area contributed by atoms with Crippen molar-refractivity contribution in [2.45, 2.75) is 37.9 Å². The number of nitro groups is 2. The maximum absolute atomic E-state index is 12.8. The molecule has 0 bridgehead atoms. The Morgan fingerprint density at radius 2 is 1.12 bits per heavy atom. The Hall–Kier alpha value is -7.92. The van der Waals surface area contributed by atoms with Gasteiger partial charge in [-0.25, -0.2) is 14.8 Å². The lowest BCUT2D eigenvalue weighted by Crippen LogP contribution is -2.42. The molecule has 2 aromatic heterocycles. The summed E-state index contributed by atoms with van der Waals surface area (Å²) in [6.07, 6.45) is 7.22. The largest absolute Gasteiger partial charge is 0.477 e. The van der Waals surface area contributed by atoms with Crippen LogP contribution in [0, 0.1) is 20.2 Å². The van der Waals surface area contributed by atoms with Gasteiger partial charge in [-0.15, -0.1) is 0 Å². The van der Waals surface area contributed by atoms with Crippen molar-refractivity contribution in [2.24, 2.45) is 0 Å². The predicted molar refractivity (Wildman–Crippen MR) is 257 cm³/mol. The fourth-order valence-electron chi connectivity index (χ4n) is 7.41. The lowest BCUT2D eigenvalue weighted by Gasteiger charge is -2.31. The summed E-state index contributed by atoms with van der Waals surface area (Å²) >= 11 is 0. The number of aromatic nitrogens is 2. The van der Waals surface area contributed by atoms with Crippen LogP contribution < -0.4 is 24.6 Å². The van der Waals surface area contributed by atoms with Gasteiger partial charge in [0.25, 0.3) is 17.3 Å². The number of carbonyl (C=O) groups is 2. The minimum atomic E-state index is -1.29. The molecule has 2 fully saturated rings. The summed E-state index contributed by atoms with van der Waals surface area (Å²) in [5.41, 5.74) is 6.04. The van der Waals surface area contributed by atoms with Crippen LogP contribution in [0.5, 0.6) is 11.8 Å². The summed E-state index contributed by atoms with van der Waals surface area (Å²) in [6, 6.07) is 36.0. The highest BCUT2D eigenvalue weighted by Gasteiger charge is 2.29. The summed E-state index contributed by atoms with van der Waals surface area (Å²) in [4.78, 5) is 58.1. The molecule has 67 heavy (non-hydrogen) atoms. The zero-order valence-corrected chi connectivity index (χ0v) is 37.9. The first kappa shape index (κ1) is 48.5. The second kappa shape index (κ2) is 23.3. The molecular weight excluding hydrogens is 857 g/mol. The first-order chi connectivity index (χ1) is 32.3. The molecule has 0 unspecified atom stereocenters. The number of aromatic carboxylic acids is 1. The van der Waals surface area contributed by atoms with Gasteiger partial charge in [0, 0.05) is 108 Å². The Balaban J connectivity index is 0.000000186. The minimum Gasteiger partial charge on any atom is -0.477 e. The van der Waals surface area contributed by atoms with Crippen molar-refractivity contribution in [2.75, 3.05) is 64.2 Å². The average Bonchev–Trinajstić information content (AvgIpc) is 3.35. The molecule has 17 heteroatoms. The van der Waals surface area contributed by atoms with E-state index in [9.17, 15) is 29.8 Å². The van der Waals surface area contributed by atoms with Gasteiger partial charge in [0.2, 0.25) is 11.8 Å². The lowest BCUT2D eigenvalue weighted by atomic mass is 10.1. The van der Waals surface area contributed by atoms with E-state index >= 15 is 0 Å². The first-order valence-corrected chi connectivity index (χ1v) is 21.8. The lowest BCUT2D eigenvalue weighted by molar-refractivity contribution is -0.385. The Morgan fingerprint density at radius 3 is 1.63 bits per heavy atom. The van der Waals surface area contributed by atoms with E-state index in [0.717, 1.165) is 60.3 Å². The molecule has 6 aromatic rings. The van der Waals surface area contributed by atoms with Crippen molar-refractivity contribution in [3.8, 4) is 34.0 Å². The van der Waals surface area contributed by atoms with E-state index < -0.39 is 15.8 Å². The van der Waals surface area contributed by atoms with E-state index in [4.69, 9.17) is 14.6 Å². The van der Waals surface area contributed by atoms with E-state index in [-0.39, 0.29) is 40.6 Å². The number of amides is 1. The normalized spacial score (nSPS) is 13.7. The van der Waals surface area contributed by atoms with Gasteiger partial charge in [0.1, 0.15) is 23.3 Å². The number of piperidine rings is 2. The summed E-state index contributed by atoms with van der Waals surface area (Å²) < 4.78 is 12.0. The molecule has 348 valence electrons. The standard InChI is InChI=1S/C25H26N4O4.C18H23N3O.C7H5NO4/c1-27(2)20-10-7-18(8-11-20)19-9-12-24(26-17-19)33-21-13-15-28(16-14-21)25(30)22-5-3-4-6-23(22)29(31)32;1-21(2)16-5-3-14(4-6-16)15-7-12-20-18(13-15)22-17-8-10-19-11-9-17;9-7(10)5-3-1-2-4-6(5)8(11)12/h3-12,17,21H,13-16H2,1-2H3;3-7,12-13,17,19H,8-11H2,1-2H3;1-4H,(H,9,10). The van der Waals surface area contributed by atoms with Crippen molar-refractivity contribution in [1.29, 1.82) is 0 Å². The molecule has 1 amide bonds. The summed E-state index contributed by atoms with van der Waals surface area (Å²) in [6.45, 7) is 3.00. The van der Waals surface area contributed by atoms with Crippen LogP contribution in [0.25, 0.3) is 22.3 Å². The van der Waals surface area contributed by atoms with Crippen LogP contribution in [-0.2, 0) is 0 Å². The quantitative estimate of drug-likeness (QED) is 0.0871. The molecule has 2 N–H and O–H groups in total. The molecule has 0 aliphatic carbocycles. The second-order valence-electron chi connectivity index (χ2n) is 16.2. The Morgan fingerprint density at radius 1 is 0.627 bits per heavy atom. The van der Waals surface area contributed by atoms with Crippen LogP contribution in [-0.4, -0.2) is 108 Å². The molecule has 0 atom stereocenters. The molecule has 17 nitrogen and oxygen atoms in total. The molecule has 2 saturated heterocycles. The van der Waals surface area contributed by atoms with Crippen LogP contribution in [0.2, 0.25) is 0 Å². The highest BCUT2D eigenvalue weighted by atomic mass is 16.6. The van der Waals surface area contributed by atoms with Crippen LogP contribution in [0.4, 0.5) is 22.7 Å². The Labute approximate surface area is 388 Å². The van der Waals surface area contributed by atoms with Gasteiger partial charge in [-0.1, -0.05) is 48.5 Å². The molecule has 4 aromatic carbocycles. The highest BCUT2D eigenvalue weighted by Crippen LogP contribution is 2.28. The van der Waals surface area contributed by atoms with Gasteiger partial charge in [-0.05, 0) is 91.2 Å². The molecule has 0 spiro atoms. The van der Waals surface area contributed by atoms with Crippen molar-refractivity contribution in [3.63, 3.8) is 0 Å². The number of rotatable bonds is 12. The molecule has 2 aliphatic rings. The third-order valence-corrected chi connectivity index (χ3v) is 11.2. The summed E-state index contributed by atoms with van der Waals surface area (Å²) in [7, 11) is 8.11. The minimum absolute atomic E-state index is 0.0578. The molecule has 2 aliphatic heterocycles. The van der Waals surface area contributed by atoms with Gasteiger partial charge >= 0.3 is 5.97 Å². The van der Waals surface area contributed by atoms with Gasteiger partial charge in [-0.2, -0.15) is 0 Å². The number of nitrogens with zero attached hydrogens (tertiary/aromatic N) is 7. The SMILES string of the molecule is CN(C)c1ccc(-c2ccc(OC3CCN(C(=O)c4ccccc4[N+](=O)[O-])CC3)nc2)cc1.CN(C)c1ccc(-c2ccnc(OC3CCNCC3)c2)cc1.O=C(O)c1ccccc1[N+](=O)[O-]. The number of carbonyl (C=O) groups excluding carboxylic acids is 1. The third-order valence-electron chi connectivity index (χ3n) is 11.2. The summed E-state index contributed by atoms with van der Waals surface area (Å²) in [5, 5.41) is 33.4. The highest BCUT2D eigenvalue weighted by molar-refractivity contribution is 5.98. The number of carboxylic acid groups (broad SMARTS) is 1. The number of ether oxygens (including phenoxy) is 2. The first-order valence-electron chi connectivity index (χ1n) is 21.8. The molecule has 4 heterocycles. The number of nitro benzene ring substituents is 2. The van der Waals surface area contributed by atoms with E-state index in [1.807, 2.05) is 58.7 Å². The maximum Gasteiger partial charge on any atom is 0.342 e. The second-order valence-corrected chi connectivity index (χ2v) is 16.2. The number of likely N-dealkylation sites (tertiary alicyclic amines) is 1. The van der Waals surface area contributed by atoms with Gasteiger partial charge < -0.3 is 34.6 Å². The topological polar surface area (TPSA) is 207 Å². The van der Waals surface area contributed by atoms with Gasteiger partial charge in [0.15, 0.2) is 0 Å². The zero-order chi connectivity index (χ0) is 47.9. The molecular formula is C50H54N8O9. The maximum atomic E-state index is 12.8. The van der Waals surface area contributed by atoms with Crippen LogP contribution in [0.15, 0.2) is 134 Å². The number of benzene rings is 4. The predicted octanol–water partition coefficient (Wildman–Crippen LogP) is 8.64. The van der Waals surface area contributed by atoms with E-state index in [2.05, 4.69) is 73.6 Å². The molecule has 0 saturated carbocycles. The van der Waals surface area contributed by atoms with Crippen LogP contribution in [0.1, 0.15) is 46.4 Å². The Kier molecular flexibility index (Phi) is 16.9. The summed E-state index contributed by atoms with van der Waals surface area (Å²) in [5.74, 6) is -0.334. The smallest absolute Gasteiger partial charge is 0.342 e. The number of hydrogen-bond donors (Lipinski definition) is 2. The zero-order valence-electron chi connectivity index (χ0n) is 37.9. The number of hydrogen-bond acceptors (Lipinski definition) is 13. The number of para-hydroxylation sites is 2. The van der Waals surface area contributed by atoms with E-state index in [1.165, 1.54) is 41.6 Å². The number of carboxylic acids is 1. The van der Waals surface area contributed by atoms with Crippen molar-refractivity contribution < 1.29 is 34.0 Å². The number of anilines is 2. The van der Waals surface area contributed by atoms with Gasteiger partial charge in [-0.3, -0.25) is 25.0 Å². The van der Waals surface area contributed by atoms with E-state index in [0.29, 0.717) is 31.8 Å². The van der Waals surface area contributed by atoms with Crippen molar-refractivity contribution in [1.82, 2.24) is 20.2 Å². The fraction of sp³-hybridized carbons (Fsp3) is 0.280. The van der Waals surface area contributed by atoms with Crippen LogP contribution >= 0.6 is 0 Å². The van der Waals surface area contributed by atoms with Crippen molar-refractivity contribution in [3.05, 3.63) is 165 Å². The van der Waals surface area contributed by atoms with Crippen LogP contribution in [0.3, 0.4) is 0 Å². The fourth-order valence-corrected chi connectivity index (χ4v) is 7.41. The van der Waals surface area contributed by atoms with Gasteiger partial charge in [0.05, 0.1) is 9.85 Å². The number of nitrogens with one attached hydrogen (secondary N) is 1. The third kappa shape index (κ3) is 13.6. The number of pyridine rings is 2. The van der Waals surface area contributed by atoms with Crippen molar-refractivity contribution >= 4 is 34.6 Å².